The maximum absolute atomic E-state index is 12.8. The van der Waals surface area contributed by atoms with Gasteiger partial charge in [-0.05, 0) is 25.2 Å². The third kappa shape index (κ3) is 45.5. The highest BCUT2D eigenvalue weighted by Gasteiger charge is 2.19. The maximum Gasteiger partial charge on any atom is 0.306 e. The zero-order chi connectivity index (χ0) is 42.4. The molecule has 0 fully saturated rings. The van der Waals surface area contributed by atoms with Crippen molar-refractivity contribution in [2.45, 2.75) is 297 Å². The van der Waals surface area contributed by atoms with Crippen LogP contribution in [0.4, 0.5) is 0 Å². The highest BCUT2D eigenvalue weighted by Crippen LogP contribution is 2.17. The lowest BCUT2D eigenvalue weighted by molar-refractivity contribution is -0.167. The van der Waals surface area contributed by atoms with E-state index in [-0.39, 0.29) is 31.1 Å². The summed E-state index contributed by atoms with van der Waals surface area (Å²) in [6.45, 7) is 8.99. The summed E-state index contributed by atoms with van der Waals surface area (Å²) in [5.41, 5.74) is 0. The van der Waals surface area contributed by atoms with Crippen LogP contribution in [0.2, 0.25) is 0 Å². The molecular formula is C52H100O6. The van der Waals surface area contributed by atoms with Gasteiger partial charge in [0.25, 0.3) is 0 Å². The number of esters is 3. The predicted octanol–water partition coefficient (Wildman–Crippen LogP) is 16.7. The Kier molecular flexibility index (Phi) is 45.2. The van der Waals surface area contributed by atoms with E-state index in [0.717, 1.165) is 63.7 Å². The lowest BCUT2D eigenvalue weighted by atomic mass is 10.0. The van der Waals surface area contributed by atoms with Crippen LogP contribution in [-0.2, 0) is 28.6 Å². The van der Waals surface area contributed by atoms with Gasteiger partial charge in [0.2, 0.25) is 0 Å². The molecule has 344 valence electrons. The highest BCUT2D eigenvalue weighted by molar-refractivity contribution is 5.71. The van der Waals surface area contributed by atoms with Gasteiger partial charge in [0, 0.05) is 19.3 Å². The Balaban J connectivity index is 4.23. The molecule has 6 nitrogen and oxygen atoms in total. The van der Waals surface area contributed by atoms with E-state index in [1.807, 2.05) is 0 Å². The largest absolute Gasteiger partial charge is 0.462 e. The summed E-state index contributed by atoms with van der Waals surface area (Å²) < 4.78 is 16.8. The number of carbonyl (C=O) groups excluding carboxylic acids is 3. The molecule has 0 spiro atoms. The van der Waals surface area contributed by atoms with E-state index in [2.05, 4.69) is 27.7 Å². The smallest absolute Gasteiger partial charge is 0.306 e. The lowest BCUT2D eigenvalue weighted by Crippen LogP contribution is -2.30. The summed E-state index contributed by atoms with van der Waals surface area (Å²) in [5.74, 6) is -0.0407. The van der Waals surface area contributed by atoms with Crippen LogP contribution in [0.1, 0.15) is 291 Å². The normalized spacial score (nSPS) is 11.9. The Labute approximate surface area is 361 Å². The van der Waals surface area contributed by atoms with Gasteiger partial charge in [-0.25, -0.2) is 0 Å². The van der Waals surface area contributed by atoms with Gasteiger partial charge >= 0.3 is 17.9 Å². The van der Waals surface area contributed by atoms with E-state index >= 15 is 0 Å². The molecule has 0 aromatic carbocycles. The fraction of sp³-hybridized carbons (Fsp3) is 0.942. The molecule has 0 N–H and O–H groups in total. The van der Waals surface area contributed by atoms with Crippen molar-refractivity contribution in [1.82, 2.24) is 0 Å². The van der Waals surface area contributed by atoms with Crippen molar-refractivity contribution in [2.75, 3.05) is 13.2 Å². The van der Waals surface area contributed by atoms with Gasteiger partial charge in [0.15, 0.2) is 6.10 Å². The minimum Gasteiger partial charge on any atom is -0.462 e. The number of hydrogen-bond donors (Lipinski definition) is 0. The van der Waals surface area contributed by atoms with Gasteiger partial charge < -0.3 is 14.2 Å². The number of carbonyl (C=O) groups is 3. The maximum atomic E-state index is 12.8. The standard InChI is InChI=1S/C52H100O6/c1-5-7-9-11-13-15-16-17-18-19-20-21-22-23-24-28-33-37-41-45-52(55)58-49(46-56-50(53)43-39-35-31-26-14-12-10-8-6-2)47-57-51(54)44-40-36-32-29-25-27-30-34-38-42-48(3)4/h48-49H,5-47H2,1-4H3/t49-/m0/s1. The third-order valence-electron chi connectivity index (χ3n) is 11.8. The lowest BCUT2D eigenvalue weighted by Gasteiger charge is -2.18. The Bertz CT molecular complexity index is 872. The van der Waals surface area contributed by atoms with Crippen LogP contribution in [0.15, 0.2) is 0 Å². The predicted molar refractivity (Wildman–Crippen MR) is 247 cm³/mol. The number of hydrogen-bond acceptors (Lipinski definition) is 6. The molecule has 58 heavy (non-hydrogen) atoms. The molecule has 0 rings (SSSR count). The Morgan fingerprint density at radius 3 is 0.845 bits per heavy atom. The zero-order valence-electron chi connectivity index (χ0n) is 39.5. The first-order valence-corrected chi connectivity index (χ1v) is 25.9. The molecule has 0 radical (unpaired) electrons. The van der Waals surface area contributed by atoms with Gasteiger partial charge in [0.1, 0.15) is 13.2 Å². The van der Waals surface area contributed by atoms with Gasteiger partial charge in [-0.2, -0.15) is 0 Å². The second-order valence-corrected chi connectivity index (χ2v) is 18.3. The molecule has 0 unspecified atom stereocenters. The van der Waals surface area contributed by atoms with Crippen LogP contribution in [0.3, 0.4) is 0 Å². The monoisotopic (exact) mass is 821 g/mol. The van der Waals surface area contributed by atoms with Crippen molar-refractivity contribution in [3.63, 3.8) is 0 Å². The first-order chi connectivity index (χ1) is 28.4. The molecule has 0 aliphatic heterocycles. The molecule has 0 aliphatic rings. The number of rotatable bonds is 47. The summed E-state index contributed by atoms with van der Waals surface area (Å²) in [5, 5.41) is 0. The summed E-state index contributed by atoms with van der Waals surface area (Å²) in [6, 6.07) is 0. The Morgan fingerprint density at radius 2 is 0.569 bits per heavy atom. The molecule has 0 saturated carbocycles. The van der Waals surface area contributed by atoms with Crippen LogP contribution >= 0.6 is 0 Å². The van der Waals surface area contributed by atoms with Crippen molar-refractivity contribution >= 4 is 17.9 Å². The molecule has 0 aromatic rings. The first kappa shape index (κ1) is 56.4. The fourth-order valence-corrected chi connectivity index (χ4v) is 7.86. The summed E-state index contributed by atoms with van der Waals surface area (Å²) in [6.07, 6.45) is 48.1. The molecule has 1 atom stereocenters. The van der Waals surface area contributed by atoms with Crippen molar-refractivity contribution in [1.29, 1.82) is 0 Å². The Hall–Kier alpha value is -1.59. The van der Waals surface area contributed by atoms with Crippen molar-refractivity contribution in [3.8, 4) is 0 Å². The zero-order valence-corrected chi connectivity index (χ0v) is 39.5. The van der Waals surface area contributed by atoms with Crippen LogP contribution < -0.4 is 0 Å². The van der Waals surface area contributed by atoms with Crippen LogP contribution in [0.25, 0.3) is 0 Å². The summed E-state index contributed by atoms with van der Waals surface area (Å²) >= 11 is 0. The average molecular weight is 821 g/mol. The molecular weight excluding hydrogens is 721 g/mol. The minimum absolute atomic E-state index is 0.0635. The SMILES string of the molecule is CCCCCCCCCCCCCCCCCCCCCC(=O)O[C@@H](COC(=O)CCCCCCCCCCC)COC(=O)CCCCCCCCCCCC(C)C. The van der Waals surface area contributed by atoms with Crippen molar-refractivity contribution < 1.29 is 28.6 Å². The van der Waals surface area contributed by atoms with E-state index in [0.29, 0.717) is 19.3 Å². The van der Waals surface area contributed by atoms with Crippen LogP contribution in [-0.4, -0.2) is 37.2 Å². The number of unbranched alkanes of at least 4 members (excludes halogenated alkanes) is 34. The number of ether oxygens (including phenoxy) is 3. The summed E-state index contributed by atoms with van der Waals surface area (Å²) in [7, 11) is 0. The topological polar surface area (TPSA) is 78.9 Å². The van der Waals surface area contributed by atoms with E-state index in [1.165, 1.54) is 186 Å². The molecule has 0 heterocycles. The van der Waals surface area contributed by atoms with Gasteiger partial charge in [-0.3, -0.25) is 14.4 Å². The van der Waals surface area contributed by atoms with Crippen LogP contribution in [0.5, 0.6) is 0 Å². The second kappa shape index (κ2) is 46.5. The van der Waals surface area contributed by atoms with Crippen molar-refractivity contribution in [3.05, 3.63) is 0 Å². The Morgan fingerprint density at radius 1 is 0.328 bits per heavy atom. The van der Waals surface area contributed by atoms with E-state index in [1.54, 1.807) is 0 Å². The quantitative estimate of drug-likeness (QED) is 0.0346. The summed E-state index contributed by atoms with van der Waals surface area (Å²) in [4.78, 5) is 37.8. The fourth-order valence-electron chi connectivity index (χ4n) is 7.86. The van der Waals surface area contributed by atoms with E-state index < -0.39 is 6.10 Å². The van der Waals surface area contributed by atoms with Gasteiger partial charge in [0.05, 0.1) is 0 Å². The first-order valence-electron chi connectivity index (χ1n) is 25.9. The molecule has 0 saturated heterocycles. The van der Waals surface area contributed by atoms with E-state index in [4.69, 9.17) is 14.2 Å². The van der Waals surface area contributed by atoms with Crippen LogP contribution in [0, 0.1) is 5.92 Å². The third-order valence-corrected chi connectivity index (χ3v) is 11.8. The molecule has 6 heteroatoms. The van der Waals surface area contributed by atoms with Gasteiger partial charge in [-0.1, -0.05) is 252 Å². The second-order valence-electron chi connectivity index (χ2n) is 18.3. The van der Waals surface area contributed by atoms with Crippen molar-refractivity contribution in [2.24, 2.45) is 5.92 Å². The average Bonchev–Trinajstić information content (AvgIpc) is 3.21. The molecule has 0 aliphatic carbocycles. The van der Waals surface area contributed by atoms with E-state index in [9.17, 15) is 14.4 Å². The molecule has 0 bridgehead atoms. The minimum atomic E-state index is -0.760. The molecule has 0 amide bonds. The molecule has 0 aromatic heterocycles. The van der Waals surface area contributed by atoms with Gasteiger partial charge in [-0.15, -0.1) is 0 Å². The highest BCUT2D eigenvalue weighted by atomic mass is 16.6.